The number of aliphatic carboxylic acids is 1. The zero-order chi connectivity index (χ0) is 13.0. The fourth-order valence-corrected chi connectivity index (χ4v) is 2.13. The fourth-order valence-electron chi connectivity index (χ4n) is 2.13. The minimum absolute atomic E-state index is 0.0364. The summed E-state index contributed by atoms with van der Waals surface area (Å²) >= 11 is 0. The zero-order valence-corrected chi connectivity index (χ0v) is 10.4. The number of aromatic nitrogens is 2. The van der Waals surface area contributed by atoms with Gasteiger partial charge in [-0.05, 0) is 19.8 Å². The lowest BCUT2D eigenvalue weighted by Crippen LogP contribution is -2.38. The van der Waals surface area contributed by atoms with Gasteiger partial charge in [-0.3, -0.25) is 4.98 Å². The number of hydrogen-bond acceptors (Lipinski definition) is 5. The molecule has 1 N–H and O–H groups in total. The van der Waals surface area contributed by atoms with Crippen LogP contribution >= 0.6 is 0 Å². The highest BCUT2D eigenvalue weighted by atomic mass is 16.5. The van der Waals surface area contributed by atoms with E-state index in [2.05, 4.69) is 14.9 Å². The molecule has 0 spiro atoms. The molecule has 2 heterocycles. The number of carboxylic acid groups (broad SMARTS) is 1. The van der Waals surface area contributed by atoms with Crippen molar-refractivity contribution in [3.05, 3.63) is 18.1 Å². The Hall–Kier alpha value is -1.69. The predicted molar refractivity (Wildman–Crippen MR) is 65.6 cm³/mol. The zero-order valence-electron chi connectivity index (χ0n) is 10.4. The molecule has 1 aliphatic rings. The van der Waals surface area contributed by atoms with Gasteiger partial charge in [-0.1, -0.05) is 0 Å². The molecule has 0 aromatic carbocycles. The first-order chi connectivity index (χ1) is 8.66. The number of ether oxygens (including phenoxy) is 1. The van der Waals surface area contributed by atoms with Crippen LogP contribution in [0.15, 0.2) is 12.4 Å². The quantitative estimate of drug-likeness (QED) is 0.855. The lowest BCUT2D eigenvalue weighted by Gasteiger charge is -2.32. The smallest absolute Gasteiger partial charge is 0.329 e. The molecule has 1 fully saturated rings. The van der Waals surface area contributed by atoms with E-state index in [1.807, 2.05) is 6.92 Å². The lowest BCUT2D eigenvalue weighted by atomic mass is 10.1. The van der Waals surface area contributed by atoms with E-state index in [0.717, 1.165) is 37.4 Å². The second-order valence-corrected chi connectivity index (χ2v) is 4.36. The standard InChI is InChI=1S/C12H17N3O3/c1-9-12(14-5-4-13-9)15-6-2-10(3-7-15)18-8-11(16)17/h4-5,10H,2-3,6-8H2,1H3,(H,16,17). The molecule has 0 unspecified atom stereocenters. The van der Waals surface area contributed by atoms with Gasteiger partial charge in [-0.15, -0.1) is 0 Å². The Morgan fingerprint density at radius 3 is 2.72 bits per heavy atom. The van der Waals surface area contributed by atoms with Crippen molar-refractivity contribution in [3.8, 4) is 0 Å². The highest BCUT2D eigenvalue weighted by Gasteiger charge is 2.22. The summed E-state index contributed by atoms with van der Waals surface area (Å²) in [5.41, 5.74) is 0.919. The van der Waals surface area contributed by atoms with Crippen LogP contribution in [0.3, 0.4) is 0 Å². The molecule has 1 aromatic heterocycles. The number of hydrogen-bond donors (Lipinski definition) is 1. The Kier molecular flexibility index (Phi) is 4.09. The van der Waals surface area contributed by atoms with Crippen LogP contribution < -0.4 is 4.90 Å². The van der Waals surface area contributed by atoms with Gasteiger partial charge in [-0.2, -0.15) is 0 Å². The average molecular weight is 251 g/mol. The minimum atomic E-state index is -0.915. The fraction of sp³-hybridized carbons (Fsp3) is 0.583. The molecule has 0 saturated carbocycles. The van der Waals surface area contributed by atoms with Gasteiger partial charge < -0.3 is 14.7 Å². The Morgan fingerprint density at radius 2 is 2.11 bits per heavy atom. The van der Waals surface area contributed by atoms with E-state index in [0.29, 0.717) is 0 Å². The van der Waals surface area contributed by atoms with Crippen molar-refractivity contribution < 1.29 is 14.6 Å². The maximum absolute atomic E-state index is 10.4. The third-order valence-corrected chi connectivity index (χ3v) is 3.04. The van der Waals surface area contributed by atoms with Crippen molar-refractivity contribution in [3.63, 3.8) is 0 Å². The van der Waals surface area contributed by atoms with E-state index in [1.165, 1.54) is 0 Å². The molecule has 2 rings (SSSR count). The molecule has 0 radical (unpaired) electrons. The summed E-state index contributed by atoms with van der Waals surface area (Å²) in [6, 6.07) is 0. The Balaban J connectivity index is 1.87. The molecule has 6 nitrogen and oxygen atoms in total. The minimum Gasteiger partial charge on any atom is -0.480 e. The van der Waals surface area contributed by atoms with Crippen LogP contribution in [0.4, 0.5) is 5.82 Å². The normalized spacial score (nSPS) is 16.8. The van der Waals surface area contributed by atoms with Crippen molar-refractivity contribution in [2.45, 2.75) is 25.9 Å². The summed E-state index contributed by atoms with van der Waals surface area (Å²) in [4.78, 5) is 21.1. The van der Waals surface area contributed by atoms with Gasteiger partial charge in [0.05, 0.1) is 11.8 Å². The number of carboxylic acids is 1. The van der Waals surface area contributed by atoms with Gasteiger partial charge in [0.1, 0.15) is 12.4 Å². The number of piperidine rings is 1. The summed E-state index contributed by atoms with van der Waals surface area (Å²) in [5.74, 6) is -0.00335. The SMILES string of the molecule is Cc1nccnc1N1CCC(OCC(=O)O)CC1. The van der Waals surface area contributed by atoms with Gasteiger partial charge >= 0.3 is 5.97 Å². The van der Waals surface area contributed by atoms with Gasteiger partial charge in [-0.25, -0.2) is 9.78 Å². The highest BCUT2D eigenvalue weighted by molar-refractivity contribution is 5.68. The number of aryl methyl sites for hydroxylation is 1. The van der Waals surface area contributed by atoms with Gasteiger partial charge in [0.25, 0.3) is 0 Å². The highest BCUT2D eigenvalue weighted by Crippen LogP contribution is 2.20. The molecule has 1 aromatic rings. The number of carbonyl (C=O) groups is 1. The molecule has 6 heteroatoms. The van der Waals surface area contributed by atoms with E-state index in [-0.39, 0.29) is 12.7 Å². The first-order valence-corrected chi connectivity index (χ1v) is 6.03. The van der Waals surface area contributed by atoms with Gasteiger partial charge in [0.2, 0.25) is 0 Å². The molecular formula is C12H17N3O3. The number of anilines is 1. The van der Waals surface area contributed by atoms with Crippen LogP contribution in [0.2, 0.25) is 0 Å². The van der Waals surface area contributed by atoms with Crippen LogP contribution in [0.5, 0.6) is 0 Å². The Morgan fingerprint density at radius 1 is 1.44 bits per heavy atom. The molecule has 98 valence electrons. The second kappa shape index (κ2) is 5.77. The third kappa shape index (κ3) is 3.16. The molecule has 0 aliphatic carbocycles. The first kappa shape index (κ1) is 12.8. The monoisotopic (exact) mass is 251 g/mol. The Labute approximate surface area is 106 Å². The van der Waals surface area contributed by atoms with E-state index >= 15 is 0 Å². The maximum atomic E-state index is 10.4. The molecule has 18 heavy (non-hydrogen) atoms. The molecule has 0 bridgehead atoms. The Bertz CT molecular complexity index is 417. The van der Waals surface area contributed by atoms with Crippen molar-refractivity contribution in [1.82, 2.24) is 9.97 Å². The average Bonchev–Trinajstić information content (AvgIpc) is 2.38. The van der Waals surface area contributed by atoms with Crippen molar-refractivity contribution in [1.29, 1.82) is 0 Å². The summed E-state index contributed by atoms with van der Waals surface area (Å²) in [6.45, 7) is 3.37. The molecule has 0 atom stereocenters. The van der Waals surface area contributed by atoms with Gasteiger partial charge in [0, 0.05) is 25.5 Å². The van der Waals surface area contributed by atoms with Crippen molar-refractivity contribution in [2.24, 2.45) is 0 Å². The number of rotatable bonds is 4. The first-order valence-electron chi connectivity index (χ1n) is 6.03. The lowest BCUT2D eigenvalue weighted by molar-refractivity contribution is -0.144. The topological polar surface area (TPSA) is 75.5 Å². The van der Waals surface area contributed by atoms with E-state index < -0.39 is 5.97 Å². The van der Waals surface area contributed by atoms with Crippen LogP contribution in [0.25, 0.3) is 0 Å². The van der Waals surface area contributed by atoms with Crippen molar-refractivity contribution in [2.75, 3.05) is 24.6 Å². The van der Waals surface area contributed by atoms with Crippen LogP contribution in [-0.4, -0.2) is 46.8 Å². The van der Waals surface area contributed by atoms with Crippen molar-refractivity contribution >= 4 is 11.8 Å². The van der Waals surface area contributed by atoms with E-state index in [9.17, 15) is 4.79 Å². The van der Waals surface area contributed by atoms with E-state index in [1.54, 1.807) is 12.4 Å². The molecular weight excluding hydrogens is 234 g/mol. The summed E-state index contributed by atoms with van der Waals surface area (Å²) in [5, 5.41) is 8.56. The second-order valence-electron chi connectivity index (χ2n) is 4.36. The molecule has 1 aliphatic heterocycles. The summed E-state index contributed by atoms with van der Waals surface area (Å²) < 4.78 is 5.30. The van der Waals surface area contributed by atoms with E-state index in [4.69, 9.17) is 9.84 Å². The van der Waals surface area contributed by atoms with Crippen LogP contribution in [0.1, 0.15) is 18.5 Å². The van der Waals surface area contributed by atoms with Crippen LogP contribution in [-0.2, 0) is 9.53 Å². The maximum Gasteiger partial charge on any atom is 0.329 e. The predicted octanol–water partition coefficient (Wildman–Crippen LogP) is 0.855. The molecule has 0 amide bonds. The third-order valence-electron chi connectivity index (χ3n) is 3.04. The summed E-state index contributed by atoms with van der Waals surface area (Å²) in [6.07, 6.45) is 5.05. The number of nitrogens with zero attached hydrogens (tertiary/aromatic N) is 3. The largest absolute Gasteiger partial charge is 0.480 e. The van der Waals surface area contributed by atoms with Gasteiger partial charge in [0.15, 0.2) is 0 Å². The van der Waals surface area contributed by atoms with Crippen LogP contribution in [0, 0.1) is 6.92 Å². The molecule has 1 saturated heterocycles. The summed E-state index contributed by atoms with van der Waals surface area (Å²) in [7, 11) is 0.